The van der Waals surface area contributed by atoms with E-state index in [0.29, 0.717) is 24.1 Å². The van der Waals surface area contributed by atoms with Crippen LogP contribution in [0.25, 0.3) is 0 Å². The minimum absolute atomic E-state index is 0.160. The highest BCUT2D eigenvalue weighted by Gasteiger charge is 2.56. The highest BCUT2D eigenvalue weighted by molar-refractivity contribution is 5.78. The Morgan fingerprint density at radius 3 is 2.68 bits per heavy atom. The van der Waals surface area contributed by atoms with Gasteiger partial charge in [0.25, 0.3) is 0 Å². The van der Waals surface area contributed by atoms with Gasteiger partial charge in [-0.3, -0.25) is 0 Å². The van der Waals surface area contributed by atoms with Gasteiger partial charge in [-0.05, 0) is 39.0 Å². The molecule has 5 nitrogen and oxygen atoms in total. The van der Waals surface area contributed by atoms with Crippen LogP contribution in [0.4, 0.5) is 0 Å². The predicted molar refractivity (Wildman–Crippen MR) is 87.9 cm³/mol. The fourth-order valence-electron chi connectivity index (χ4n) is 4.41. The zero-order valence-electron chi connectivity index (χ0n) is 13.9. The number of guanidine groups is 1. The molecule has 5 heteroatoms. The van der Waals surface area contributed by atoms with Gasteiger partial charge in [0.1, 0.15) is 0 Å². The molecule has 1 spiro atoms. The molecule has 2 atom stereocenters. The molecule has 2 saturated carbocycles. The van der Waals surface area contributed by atoms with Gasteiger partial charge in [0, 0.05) is 31.3 Å². The molecule has 0 amide bonds. The Kier molecular flexibility index (Phi) is 5.24. The molecule has 3 N–H and O–H groups in total. The van der Waals surface area contributed by atoms with E-state index in [0.717, 1.165) is 39.1 Å². The molecule has 1 saturated heterocycles. The maximum atomic E-state index is 6.19. The van der Waals surface area contributed by atoms with Crippen LogP contribution in [-0.4, -0.2) is 44.0 Å². The van der Waals surface area contributed by atoms with E-state index in [1.54, 1.807) is 0 Å². The van der Waals surface area contributed by atoms with Crippen molar-refractivity contribution in [1.82, 2.24) is 5.32 Å². The molecule has 3 rings (SSSR count). The van der Waals surface area contributed by atoms with Crippen molar-refractivity contribution in [2.45, 2.75) is 76.5 Å². The minimum atomic E-state index is 0.160. The Morgan fingerprint density at radius 1 is 1.27 bits per heavy atom. The summed E-state index contributed by atoms with van der Waals surface area (Å²) < 4.78 is 11.5. The van der Waals surface area contributed by atoms with Crippen molar-refractivity contribution in [2.75, 3.05) is 19.8 Å². The summed E-state index contributed by atoms with van der Waals surface area (Å²) in [6.07, 6.45) is 9.84. The van der Waals surface area contributed by atoms with Gasteiger partial charge >= 0.3 is 0 Å². The largest absolute Gasteiger partial charge is 0.381 e. The van der Waals surface area contributed by atoms with Crippen molar-refractivity contribution in [3.63, 3.8) is 0 Å². The monoisotopic (exact) mass is 309 g/mol. The number of ether oxygens (including phenoxy) is 2. The number of hydrogen-bond acceptors (Lipinski definition) is 3. The second kappa shape index (κ2) is 7.18. The SMILES string of the molecule is CCOC1CC(N=C(N)NC2CCCCC2)C12CCOCC2. The van der Waals surface area contributed by atoms with Crippen LogP contribution in [0.1, 0.15) is 58.3 Å². The van der Waals surface area contributed by atoms with Gasteiger partial charge < -0.3 is 20.5 Å². The number of nitrogens with one attached hydrogen (secondary N) is 1. The molecule has 2 aliphatic carbocycles. The first kappa shape index (κ1) is 16.1. The second-order valence-corrected chi connectivity index (χ2v) is 7.03. The molecule has 2 unspecified atom stereocenters. The fourth-order valence-corrected chi connectivity index (χ4v) is 4.41. The van der Waals surface area contributed by atoms with Gasteiger partial charge in [-0.1, -0.05) is 19.3 Å². The van der Waals surface area contributed by atoms with Crippen LogP contribution in [0.15, 0.2) is 4.99 Å². The van der Waals surface area contributed by atoms with Gasteiger partial charge in [0.05, 0.1) is 12.1 Å². The van der Waals surface area contributed by atoms with Crippen LogP contribution in [0, 0.1) is 5.41 Å². The lowest BCUT2D eigenvalue weighted by atomic mass is 9.58. The number of nitrogens with zero attached hydrogens (tertiary/aromatic N) is 1. The summed E-state index contributed by atoms with van der Waals surface area (Å²) in [7, 11) is 0. The van der Waals surface area contributed by atoms with Crippen molar-refractivity contribution in [1.29, 1.82) is 0 Å². The molecule has 0 aromatic heterocycles. The zero-order chi connectivity index (χ0) is 15.4. The zero-order valence-corrected chi connectivity index (χ0v) is 13.9. The maximum Gasteiger partial charge on any atom is 0.189 e. The normalized spacial score (nSPS) is 32.7. The average molecular weight is 309 g/mol. The molecule has 0 aromatic carbocycles. The molecule has 3 aliphatic rings. The smallest absolute Gasteiger partial charge is 0.189 e. The molecular weight excluding hydrogens is 278 g/mol. The van der Waals surface area contributed by atoms with Gasteiger partial charge in [0.2, 0.25) is 0 Å². The summed E-state index contributed by atoms with van der Waals surface area (Å²) in [6.45, 7) is 4.50. The van der Waals surface area contributed by atoms with Crippen LogP contribution >= 0.6 is 0 Å². The van der Waals surface area contributed by atoms with Gasteiger partial charge in [-0.2, -0.15) is 0 Å². The summed E-state index contributed by atoms with van der Waals surface area (Å²) in [5.41, 5.74) is 6.35. The molecule has 3 fully saturated rings. The minimum Gasteiger partial charge on any atom is -0.381 e. The fraction of sp³-hybridized carbons (Fsp3) is 0.941. The second-order valence-electron chi connectivity index (χ2n) is 7.03. The van der Waals surface area contributed by atoms with Crippen LogP contribution in [0.3, 0.4) is 0 Å². The summed E-state index contributed by atoms with van der Waals surface area (Å²) in [5.74, 6) is 0.637. The third-order valence-corrected chi connectivity index (χ3v) is 5.79. The van der Waals surface area contributed by atoms with Crippen molar-refractivity contribution in [2.24, 2.45) is 16.1 Å². The average Bonchev–Trinajstić information content (AvgIpc) is 2.55. The first-order valence-electron chi connectivity index (χ1n) is 9.04. The van der Waals surface area contributed by atoms with E-state index in [4.69, 9.17) is 20.2 Å². The summed E-state index contributed by atoms with van der Waals surface area (Å²) in [6, 6.07) is 0.815. The van der Waals surface area contributed by atoms with Gasteiger partial charge in [-0.15, -0.1) is 0 Å². The van der Waals surface area contributed by atoms with Crippen LogP contribution in [-0.2, 0) is 9.47 Å². The number of nitrogens with two attached hydrogens (primary N) is 1. The highest BCUT2D eigenvalue weighted by Crippen LogP contribution is 2.52. The lowest BCUT2D eigenvalue weighted by molar-refractivity contribution is -0.163. The number of rotatable bonds is 4. The molecule has 126 valence electrons. The standard InChI is InChI=1S/C17H31N3O2/c1-2-22-15-12-14(17(15)8-10-21-11-9-17)20-16(18)19-13-6-4-3-5-7-13/h13-15H,2-12H2,1H3,(H3,18,19,20). The molecule has 0 bridgehead atoms. The van der Waals surface area contributed by atoms with Crippen molar-refractivity contribution < 1.29 is 9.47 Å². The lowest BCUT2D eigenvalue weighted by Crippen LogP contribution is -2.60. The Labute approximate surface area is 134 Å². The number of aliphatic imine (C=N–C) groups is 1. The van der Waals surface area contributed by atoms with E-state index in [2.05, 4.69) is 12.2 Å². The van der Waals surface area contributed by atoms with E-state index in [1.165, 1.54) is 32.1 Å². The Hall–Kier alpha value is -0.810. The van der Waals surface area contributed by atoms with Crippen molar-refractivity contribution in [3.05, 3.63) is 0 Å². The summed E-state index contributed by atoms with van der Waals surface area (Å²) in [4.78, 5) is 4.83. The Balaban J connectivity index is 1.61. The van der Waals surface area contributed by atoms with Crippen LogP contribution in [0.5, 0.6) is 0 Å². The lowest BCUT2D eigenvalue weighted by Gasteiger charge is -2.55. The molecule has 0 aromatic rings. The highest BCUT2D eigenvalue weighted by atomic mass is 16.5. The van der Waals surface area contributed by atoms with Crippen LogP contribution < -0.4 is 11.1 Å². The van der Waals surface area contributed by atoms with Crippen molar-refractivity contribution in [3.8, 4) is 0 Å². The van der Waals surface area contributed by atoms with Crippen LogP contribution in [0.2, 0.25) is 0 Å². The predicted octanol–water partition coefficient (Wildman–Crippen LogP) is 2.20. The maximum absolute atomic E-state index is 6.19. The Bertz CT molecular complexity index is 387. The Morgan fingerprint density at radius 2 is 2.00 bits per heavy atom. The first-order valence-corrected chi connectivity index (χ1v) is 9.04. The van der Waals surface area contributed by atoms with Gasteiger partial charge in [0.15, 0.2) is 5.96 Å². The van der Waals surface area contributed by atoms with E-state index in [1.807, 2.05) is 0 Å². The van der Waals surface area contributed by atoms with Crippen molar-refractivity contribution >= 4 is 5.96 Å². The first-order chi connectivity index (χ1) is 10.7. The quantitative estimate of drug-likeness (QED) is 0.617. The molecule has 1 aliphatic heterocycles. The molecule has 1 heterocycles. The molecular formula is C17H31N3O2. The van der Waals surface area contributed by atoms with E-state index in [-0.39, 0.29) is 5.41 Å². The molecule has 0 radical (unpaired) electrons. The molecule has 22 heavy (non-hydrogen) atoms. The van der Waals surface area contributed by atoms with E-state index < -0.39 is 0 Å². The van der Waals surface area contributed by atoms with E-state index >= 15 is 0 Å². The summed E-state index contributed by atoms with van der Waals surface area (Å²) >= 11 is 0. The number of hydrogen-bond donors (Lipinski definition) is 2. The van der Waals surface area contributed by atoms with E-state index in [9.17, 15) is 0 Å². The topological polar surface area (TPSA) is 68.9 Å². The third kappa shape index (κ3) is 3.25. The third-order valence-electron chi connectivity index (χ3n) is 5.79. The van der Waals surface area contributed by atoms with Gasteiger partial charge in [-0.25, -0.2) is 4.99 Å². The summed E-state index contributed by atoms with van der Waals surface area (Å²) in [5, 5.41) is 3.44.